The molecular formula is C23H22N2O2S2. The van der Waals surface area contributed by atoms with Crippen molar-refractivity contribution in [3.05, 3.63) is 81.6 Å². The minimum atomic E-state index is -0.0433. The second-order valence-corrected chi connectivity index (χ2v) is 9.35. The SMILES string of the molecule is CNC(=O)c1cc2cc(C3CC=C(CNC(=O)Cc4ccccc4)S3)ccc2s1. The highest BCUT2D eigenvalue weighted by Gasteiger charge is 2.21. The van der Waals surface area contributed by atoms with E-state index in [9.17, 15) is 9.59 Å². The zero-order valence-corrected chi connectivity index (χ0v) is 17.7. The lowest BCUT2D eigenvalue weighted by atomic mass is 10.1. The highest BCUT2D eigenvalue weighted by molar-refractivity contribution is 8.03. The third-order valence-corrected chi connectivity index (χ3v) is 7.36. The molecule has 0 saturated carbocycles. The Balaban J connectivity index is 1.34. The molecule has 1 atom stereocenters. The van der Waals surface area contributed by atoms with Gasteiger partial charge in [-0.15, -0.1) is 23.1 Å². The summed E-state index contributed by atoms with van der Waals surface area (Å²) >= 11 is 3.32. The third kappa shape index (κ3) is 4.71. The van der Waals surface area contributed by atoms with Crippen LogP contribution < -0.4 is 10.6 Å². The summed E-state index contributed by atoms with van der Waals surface area (Å²) in [4.78, 5) is 26.0. The fourth-order valence-electron chi connectivity index (χ4n) is 3.36. The molecule has 0 radical (unpaired) electrons. The van der Waals surface area contributed by atoms with E-state index in [0.29, 0.717) is 18.2 Å². The van der Waals surface area contributed by atoms with E-state index in [1.165, 1.54) is 21.8 Å². The largest absolute Gasteiger partial charge is 0.354 e. The van der Waals surface area contributed by atoms with Crippen molar-refractivity contribution in [1.82, 2.24) is 10.6 Å². The second-order valence-electron chi connectivity index (χ2n) is 6.94. The minimum Gasteiger partial charge on any atom is -0.354 e. The Kier molecular flexibility index (Phi) is 6.02. The molecule has 2 heterocycles. The fraction of sp³-hybridized carbons (Fsp3) is 0.217. The molecule has 6 heteroatoms. The number of thiophene rings is 1. The number of hydrogen-bond acceptors (Lipinski definition) is 4. The zero-order chi connectivity index (χ0) is 20.2. The number of fused-ring (bicyclic) bond motifs is 1. The third-order valence-electron chi connectivity index (χ3n) is 4.88. The van der Waals surface area contributed by atoms with Crippen LogP contribution in [-0.4, -0.2) is 25.4 Å². The van der Waals surface area contributed by atoms with E-state index in [4.69, 9.17) is 0 Å². The van der Waals surface area contributed by atoms with Gasteiger partial charge in [0.25, 0.3) is 5.91 Å². The van der Waals surface area contributed by atoms with E-state index in [0.717, 1.165) is 26.9 Å². The van der Waals surface area contributed by atoms with E-state index >= 15 is 0 Å². The van der Waals surface area contributed by atoms with Gasteiger partial charge in [-0.05, 0) is 41.1 Å². The number of amides is 2. The van der Waals surface area contributed by atoms with Crippen LogP contribution in [0.15, 0.2) is 65.6 Å². The lowest BCUT2D eigenvalue weighted by molar-refractivity contribution is -0.120. The maximum absolute atomic E-state index is 12.2. The molecule has 4 rings (SSSR count). The van der Waals surface area contributed by atoms with Gasteiger partial charge in [-0.25, -0.2) is 0 Å². The Morgan fingerprint density at radius 2 is 1.93 bits per heavy atom. The van der Waals surface area contributed by atoms with Gasteiger partial charge in [0.2, 0.25) is 5.91 Å². The summed E-state index contributed by atoms with van der Waals surface area (Å²) in [6.45, 7) is 0.578. The molecular weight excluding hydrogens is 400 g/mol. The number of benzene rings is 2. The first-order valence-corrected chi connectivity index (χ1v) is 11.2. The molecule has 4 nitrogen and oxygen atoms in total. The molecule has 148 valence electrons. The second kappa shape index (κ2) is 8.84. The first-order chi connectivity index (χ1) is 14.1. The molecule has 2 aromatic carbocycles. The maximum atomic E-state index is 12.2. The number of nitrogens with one attached hydrogen (secondary N) is 2. The molecule has 1 aromatic heterocycles. The van der Waals surface area contributed by atoms with Crippen LogP contribution in [0.1, 0.15) is 32.5 Å². The van der Waals surface area contributed by atoms with Gasteiger partial charge in [-0.1, -0.05) is 42.5 Å². The van der Waals surface area contributed by atoms with Crippen molar-refractivity contribution in [3.63, 3.8) is 0 Å². The van der Waals surface area contributed by atoms with Gasteiger partial charge in [0.1, 0.15) is 0 Å². The molecule has 2 N–H and O–H groups in total. The van der Waals surface area contributed by atoms with Crippen molar-refractivity contribution in [2.24, 2.45) is 0 Å². The average molecular weight is 423 g/mol. The predicted octanol–water partition coefficient (Wildman–Crippen LogP) is 4.68. The molecule has 1 aliphatic rings. The molecule has 0 saturated heterocycles. The molecule has 0 aliphatic carbocycles. The number of thioether (sulfide) groups is 1. The highest BCUT2D eigenvalue weighted by Crippen LogP contribution is 2.44. The van der Waals surface area contributed by atoms with Crippen LogP contribution in [0.4, 0.5) is 0 Å². The summed E-state index contributed by atoms with van der Waals surface area (Å²) in [7, 11) is 1.65. The van der Waals surface area contributed by atoms with E-state index in [1.807, 2.05) is 48.2 Å². The topological polar surface area (TPSA) is 58.2 Å². The Bertz CT molecular complexity index is 1070. The summed E-state index contributed by atoms with van der Waals surface area (Å²) < 4.78 is 1.12. The summed E-state index contributed by atoms with van der Waals surface area (Å²) in [5, 5.41) is 7.17. The van der Waals surface area contributed by atoms with E-state index < -0.39 is 0 Å². The minimum absolute atomic E-state index is 0.0433. The molecule has 0 bridgehead atoms. The van der Waals surface area contributed by atoms with Crippen LogP contribution in [-0.2, 0) is 11.2 Å². The Hall–Kier alpha value is -2.57. The first-order valence-electron chi connectivity index (χ1n) is 9.54. The zero-order valence-electron chi connectivity index (χ0n) is 16.1. The normalized spacial score (nSPS) is 15.9. The van der Waals surface area contributed by atoms with Crippen LogP contribution in [0.2, 0.25) is 0 Å². The number of carbonyl (C=O) groups is 2. The Morgan fingerprint density at radius 3 is 2.72 bits per heavy atom. The van der Waals surface area contributed by atoms with Gasteiger partial charge in [0.05, 0.1) is 11.3 Å². The molecule has 2 amide bonds. The van der Waals surface area contributed by atoms with Crippen LogP contribution in [0.5, 0.6) is 0 Å². The van der Waals surface area contributed by atoms with Crippen molar-refractivity contribution in [1.29, 1.82) is 0 Å². The van der Waals surface area contributed by atoms with Crippen LogP contribution in [0.25, 0.3) is 10.1 Å². The van der Waals surface area contributed by atoms with E-state index in [2.05, 4.69) is 34.9 Å². The van der Waals surface area contributed by atoms with Crippen molar-refractivity contribution in [3.8, 4) is 0 Å². The van der Waals surface area contributed by atoms with E-state index in [-0.39, 0.29) is 11.8 Å². The van der Waals surface area contributed by atoms with Crippen molar-refractivity contribution in [2.45, 2.75) is 18.1 Å². The molecule has 3 aromatic rings. The van der Waals surface area contributed by atoms with Gasteiger partial charge in [0.15, 0.2) is 0 Å². The summed E-state index contributed by atoms with van der Waals surface area (Å²) in [5.41, 5.74) is 2.28. The number of rotatable bonds is 6. The number of allylic oxidation sites excluding steroid dienone is 1. The molecule has 0 spiro atoms. The summed E-state index contributed by atoms with van der Waals surface area (Å²) in [6, 6.07) is 18.2. The van der Waals surface area contributed by atoms with Gasteiger partial charge >= 0.3 is 0 Å². The van der Waals surface area contributed by atoms with Gasteiger partial charge in [0, 0.05) is 28.4 Å². The quantitative estimate of drug-likeness (QED) is 0.606. The van der Waals surface area contributed by atoms with Crippen LogP contribution >= 0.6 is 23.1 Å². The van der Waals surface area contributed by atoms with Crippen molar-refractivity contribution >= 4 is 45.0 Å². The predicted molar refractivity (Wildman–Crippen MR) is 121 cm³/mol. The molecule has 1 aliphatic heterocycles. The summed E-state index contributed by atoms with van der Waals surface area (Å²) in [6.07, 6.45) is 3.57. The monoisotopic (exact) mass is 422 g/mol. The lowest BCUT2D eigenvalue weighted by Crippen LogP contribution is -2.26. The highest BCUT2D eigenvalue weighted by atomic mass is 32.2. The average Bonchev–Trinajstić information content (AvgIpc) is 3.39. The first kappa shape index (κ1) is 19.7. The maximum Gasteiger partial charge on any atom is 0.261 e. The van der Waals surface area contributed by atoms with Crippen LogP contribution in [0.3, 0.4) is 0 Å². The standard InChI is InChI=1S/C23H22N2O2S2/c1-24-23(27)21-13-17-12-16(7-9-20(17)29-21)19-10-8-18(28-19)14-25-22(26)11-15-5-3-2-4-6-15/h2-9,12-13,19H,10-11,14H2,1H3,(H,24,27)(H,25,26). The number of hydrogen-bond donors (Lipinski definition) is 2. The fourth-order valence-corrected chi connectivity index (χ4v) is 5.54. The molecule has 29 heavy (non-hydrogen) atoms. The Morgan fingerprint density at radius 1 is 1.10 bits per heavy atom. The smallest absolute Gasteiger partial charge is 0.261 e. The molecule has 1 unspecified atom stereocenters. The van der Waals surface area contributed by atoms with E-state index in [1.54, 1.807) is 7.05 Å². The van der Waals surface area contributed by atoms with Crippen LogP contribution in [0, 0.1) is 0 Å². The lowest BCUT2D eigenvalue weighted by Gasteiger charge is -2.11. The summed E-state index contributed by atoms with van der Waals surface area (Å²) in [5.74, 6) is 0.000705. The van der Waals surface area contributed by atoms with Gasteiger partial charge < -0.3 is 10.6 Å². The van der Waals surface area contributed by atoms with Gasteiger partial charge in [-0.3, -0.25) is 9.59 Å². The van der Waals surface area contributed by atoms with Crippen molar-refractivity contribution < 1.29 is 9.59 Å². The van der Waals surface area contributed by atoms with Gasteiger partial charge in [-0.2, -0.15) is 0 Å². The molecule has 0 fully saturated rings. The van der Waals surface area contributed by atoms with Crippen molar-refractivity contribution in [2.75, 3.05) is 13.6 Å². The number of carbonyl (C=O) groups excluding carboxylic acids is 2. The Labute approximate surface area is 178 Å².